The highest BCUT2D eigenvalue weighted by Gasteiger charge is 2.14. The van der Waals surface area contributed by atoms with Gasteiger partial charge in [0.1, 0.15) is 23.8 Å². The third kappa shape index (κ3) is 4.48. The molecule has 9 nitrogen and oxygen atoms in total. The Morgan fingerprint density at radius 3 is 2.84 bits per heavy atom. The van der Waals surface area contributed by atoms with E-state index in [9.17, 15) is 9.59 Å². The Labute approximate surface area is 181 Å². The van der Waals surface area contributed by atoms with Crippen molar-refractivity contribution in [1.82, 2.24) is 15.1 Å². The SMILES string of the molecule is Cc1noc(C)c1COc1cccc(C(=O)Nc2nc(-c3c[nH]c(C(N)=O)c3)cs2)c1. The summed E-state index contributed by atoms with van der Waals surface area (Å²) in [5.74, 6) is 0.400. The molecule has 0 unspecified atom stereocenters. The minimum absolute atomic E-state index is 0.294. The number of H-pyrrole nitrogens is 1. The van der Waals surface area contributed by atoms with Crippen LogP contribution in [0.25, 0.3) is 11.3 Å². The number of carbonyl (C=O) groups is 2. The Hall–Kier alpha value is -3.92. The van der Waals surface area contributed by atoms with Gasteiger partial charge in [-0.15, -0.1) is 11.3 Å². The van der Waals surface area contributed by atoms with E-state index >= 15 is 0 Å². The summed E-state index contributed by atoms with van der Waals surface area (Å²) >= 11 is 1.28. The summed E-state index contributed by atoms with van der Waals surface area (Å²) in [5.41, 5.74) is 8.98. The topological polar surface area (TPSA) is 136 Å². The molecule has 3 heterocycles. The number of aromatic amines is 1. The summed E-state index contributed by atoms with van der Waals surface area (Å²) in [7, 11) is 0. The molecule has 4 rings (SSSR count). The molecule has 0 aliphatic carbocycles. The van der Waals surface area contributed by atoms with Crippen molar-refractivity contribution in [2.45, 2.75) is 20.5 Å². The lowest BCUT2D eigenvalue weighted by Crippen LogP contribution is -2.11. The number of carbonyl (C=O) groups excluding carboxylic acids is 2. The molecule has 0 aliphatic heterocycles. The summed E-state index contributed by atoms with van der Waals surface area (Å²) in [6.07, 6.45) is 1.64. The first-order valence-electron chi connectivity index (χ1n) is 9.31. The van der Waals surface area contributed by atoms with Crippen LogP contribution < -0.4 is 15.8 Å². The number of benzene rings is 1. The quantitative estimate of drug-likeness (QED) is 0.403. The molecule has 4 aromatic rings. The van der Waals surface area contributed by atoms with E-state index in [0.717, 1.165) is 11.3 Å². The van der Waals surface area contributed by atoms with Gasteiger partial charge in [-0.1, -0.05) is 11.2 Å². The van der Waals surface area contributed by atoms with Crippen LogP contribution in [0.4, 0.5) is 5.13 Å². The van der Waals surface area contributed by atoms with Crippen molar-refractivity contribution in [1.29, 1.82) is 0 Å². The van der Waals surface area contributed by atoms with Crippen LogP contribution in [-0.2, 0) is 6.61 Å². The Morgan fingerprint density at radius 2 is 2.13 bits per heavy atom. The predicted molar refractivity (Wildman–Crippen MR) is 115 cm³/mol. The van der Waals surface area contributed by atoms with E-state index in [0.29, 0.717) is 45.8 Å². The number of rotatable bonds is 7. The Bertz CT molecular complexity index is 1240. The number of nitrogens with zero attached hydrogens (tertiary/aromatic N) is 2. The van der Waals surface area contributed by atoms with E-state index in [4.69, 9.17) is 15.0 Å². The lowest BCUT2D eigenvalue weighted by Gasteiger charge is -2.08. The summed E-state index contributed by atoms with van der Waals surface area (Å²) in [5, 5.41) is 8.90. The van der Waals surface area contributed by atoms with Gasteiger partial charge in [-0.05, 0) is 38.1 Å². The van der Waals surface area contributed by atoms with Gasteiger partial charge in [0, 0.05) is 22.7 Å². The van der Waals surface area contributed by atoms with E-state index in [-0.39, 0.29) is 5.91 Å². The number of primary amides is 1. The van der Waals surface area contributed by atoms with E-state index in [1.165, 1.54) is 11.3 Å². The van der Waals surface area contributed by atoms with Gasteiger partial charge >= 0.3 is 0 Å². The molecule has 0 aliphatic rings. The van der Waals surface area contributed by atoms with Gasteiger partial charge in [0.05, 0.1) is 17.0 Å². The van der Waals surface area contributed by atoms with Crippen LogP contribution in [0.3, 0.4) is 0 Å². The molecule has 4 N–H and O–H groups in total. The number of aryl methyl sites for hydroxylation is 2. The zero-order valence-corrected chi connectivity index (χ0v) is 17.6. The number of hydrogen-bond acceptors (Lipinski definition) is 7. The molecule has 0 atom stereocenters. The van der Waals surface area contributed by atoms with Gasteiger partial charge in [0.15, 0.2) is 5.13 Å². The molecule has 0 radical (unpaired) electrons. The molecule has 10 heteroatoms. The molecular weight excluding hydrogens is 418 g/mol. The minimum atomic E-state index is -0.550. The molecule has 0 spiro atoms. The second-order valence-corrected chi connectivity index (χ2v) is 7.64. The highest BCUT2D eigenvalue weighted by molar-refractivity contribution is 7.14. The van der Waals surface area contributed by atoms with Crippen LogP contribution in [0.2, 0.25) is 0 Å². The van der Waals surface area contributed by atoms with Crippen molar-refractivity contribution in [3.63, 3.8) is 0 Å². The fourth-order valence-corrected chi connectivity index (χ4v) is 3.62. The number of aromatic nitrogens is 3. The summed E-state index contributed by atoms with van der Waals surface area (Å²) in [6, 6.07) is 8.49. The average molecular weight is 437 g/mol. The fraction of sp³-hybridized carbons (Fsp3) is 0.143. The largest absolute Gasteiger partial charge is 0.489 e. The molecule has 31 heavy (non-hydrogen) atoms. The second-order valence-electron chi connectivity index (χ2n) is 6.78. The molecule has 0 bridgehead atoms. The number of ether oxygens (including phenoxy) is 1. The van der Waals surface area contributed by atoms with Crippen molar-refractivity contribution in [2.75, 3.05) is 5.32 Å². The maximum atomic E-state index is 12.7. The number of thiazole rings is 1. The number of nitrogens with two attached hydrogens (primary N) is 1. The van der Waals surface area contributed by atoms with Gasteiger partial charge < -0.3 is 20.0 Å². The monoisotopic (exact) mass is 437 g/mol. The summed E-state index contributed by atoms with van der Waals surface area (Å²) in [6.45, 7) is 3.97. The molecule has 0 saturated carbocycles. The zero-order chi connectivity index (χ0) is 22.0. The Kier molecular flexibility index (Phi) is 5.54. The number of nitrogens with one attached hydrogen (secondary N) is 2. The standard InChI is InChI=1S/C21H19N5O4S/c1-11-16(12(2)30-26-11)9-29-15-5-3-4-13(6-15)20(28)25-21-24-18(10-31-21)14-7-17(19(22)27)23-8-14/h3-8,10,23H,9H2,1-2H3,(H2,22,27)(H,24,25,28). The Balaban J connectivity index is 1.42. The summed E-state index contributed by atoms with van der Waals surface area (Å²) < 4.78 is 10.9. The van der Waals surface area contributed by atoms with Gasteiger partial charge in [-0.25, -0.2) is 4.98 Å². The fourth-order valence-electron chi connectivity index (χ4n) is 2.91. The van der Waals surface area contributed by atoms with Gasteiger partial charge in [-0.2, -0.15) is 0 Å². The van der Waals surface area contributed by atoms with E-state index in [2.05, 4.69) is 20.4 Å². The summed E-state index contributed by atoms with van der Waals surface area (Å²) in [4.78, 5) is 31.1. The zero-order valence-electron chi connectivity index (χ0n) is 16.8. The lowest BCUT2D eigenvalue weighted by molar-refractivity contribution is 0.0994. The molecule has 158 valence electrons. The van der Waals surface area contributed by atoms with Gasteiger partial charge in [-0.3, -0.25) is 14.9 Å². The second kappa shape index (κ2) is 8.44. The smallest absolute Gasteiger partial charge is 0.265 e. The third-order valence-electron chi connectivity index (χ3n) is 4.63. The van der Waals surface area contributed by atoms with Crippen LogP contribution in [0, 0.1) is 13.8 Å². The molecule has 3 aromatic heterocycles. The average Bonchev–Trinajstić information content (AvgIpc) is 3.48. The first-order chi connectivity index (χ1) is 14.9. The number of hydrogen-bond donors (Lipinski definition) is 3. The van der Waals surface area contributed by atoms with Crippen molar-refractivity contribution >= 4 is 28.3 Å². The van der Waals surface area contributed by atoms with E-state index < -0.39 is 5.91 Å². The van der Waals surface area contributed by atoms with Crippen LogP contribution in [0.15, 0.2) is 46.4 Å². The highest BCUT2D eigenvalue weighted by Crippen LogP contribution is 2.26. The number of amides is 2. The highest BCUT2D eigenvalue weighted by atomic mass is 32.1. The van der Waals surface area contributed by atoms with Crippen molar-refractivity contribution in [3.8, 4) is 17.0 Å². The van der Waals surface area contributed by atoms with E-state index in [1.807, 2.05) is 13.8 Å². The molecule has 0 saturated heterocycles. The molecular formula is C21H19N5O4S. The first-order valence-corrected chi connectivity index (χ1v) is 10.2. The predicted octanol–water partition coefficient (Wildman–Crippen LogP) is 3.67. The normalized spacial score (nSPS) is 10.8. The molecule has 0 fully saturated rings. The molecule has 1 aromatic carbocycles. The van der Waals surface area contributed by atoms with Crippen LogP contribution in [0.5, 0.6) is 5.75 Å². The maximum Gasteiger partial charge on any atom is 0.265 e. The van der Waals surface area contributed by atoms with Crippen LogP contribution in [-0.4, -0.2) is 26.9 Å². The maximum absolute atomic E-state index is 12.7. The Morgan fingerprint density at radius 1 is 1.29 bits per heavy atom. The van der Waals surface area contributed by atoms with Gasteiger partial charge in [0.25, 0.3) is 11.8 Å². The van der Waals surface area contributed by atoms with Crippen molar-refractivity contribution in [3.05, 3.63) is 70.2 Å². The van der Waals surface area contributed by atoms with Gasteiger partial charge in [0.2, 0.25) is 0 Å². The minimum Gasteiger partial charge on any atom is -0.489 e. The third-order valence-corrected chi connectivity index (χ3v) is 5.39. The first kappa shape index (κ1) is 20.4. The van der Waals surface area contributed by atoms with Crippen molar-refractivity contribution in [2.24, 2.45) is 5.73 Å². The number of anilines is 1. The van der Waals surface area contributed by atoms with E-state index in [1.54, 1.807) is 41.9 Å². The van der Waals surface area contributed by atoms with Crippen LogP contribution >= 0.6 is 11.3 Å². The lowest BCUT2D eigenvalue weighted by atomic mass is 10.2. The molecule has 2 amide bonds. The van der Waals surface area contributed by atoms with Crippen LogP contribution in [0.1, 0.15) is 37.9 Å². The van der Waals surface area contributed by atoms with Crippen molar-refractivity contribution < 1.29 is 18.8 Å².